The molecule has 0 spiro atoms. The molecule has 3 rings (SSSR count). The SMILES string of the molecule is COc1c(C)cnc(CN(C)C(=O)CCC(=O)N2CCSc3ccccc32)c1C. The van der Waals surface area contributed by atoms with E-state index < -0.39 is 0 Å². The van der Waals surface area contributed by atoms with Gasteiger partial charge in [0.15, 0.2) is 0 Å². The number of pyridine rings is 1. The Balaban J connectivity index is 1.59. The lowest BCUT2D eigenvalue weighted by Crippen LogP contribution is -2.36. The zero-order chi connectivity index (χ0) is 21.0. The summed E-state index contributed by atoms with van der Waals surface area (Å²) in [6.45, 7) is 4.96. The van der Waals surface area contributed by atoms with E-state index in [9.17, 15) is 9.59 Å². The van der Waals surface area contributed by atoms with E-state index in [-0.39, 0.29) is 24.7 Å². The van der Waals surface area contributed by atoms with Crippen LogP contribution in [0.15, 0.2) is 35.4 Å². The summed E-state index contributed by atoms with van der Waals surface area (Å²) in [6, 6.07) is 7.92. The van der Waals surface area contributed by atoms with Gasteiger partial charge in [-0.15, -0.1) is 11.8 Å². The summed E-state index contributed by atoms with van der Waals surface area (Å²) in [7, 11) is 3.38. The molecule has 2 amide bonds. The molecule has 29 heavy (non-hydrogen) atoms. The van der Waals surface area contributed by atoms with Crippen LogP contribution in [-0.4, -0.2) is 48.2 Å². The third-order valence-electron chi connectivity index (χ3n) is 5.14. The molecule has 1 aromatic heterocycles. The highest BCUT2D eigenvalue weighted by atomic mass is 32.2. The number of amides is 2. The molecule has 0 N–H and O–H groups in total. The van der Waals surface area contributed by atoms with Crippen molar-refractivity contribution in [1.82, 2.24) is 9.88 Å². The number of benzene rings is 1. The molecule has 2 aromatic rings. The third kappa shape index (κ3) is 4.72. The zero-order valence-electron chi connectivity index (χ0n) is 17.4. The second-order valence-corrected chi connectivity index (χ2v) is 8.29. The number of nitrogens with zero attached hydrogens (tertiary/aromatic N) is 3. The van der Waals surface area contributed by atoms with Crippen molar-refractivity contribution in [2.75, 3.05) is 31.4 Å². The van der Waals surface area contributed by atoms with Crippen LogP contribution in [0, 0.1) is 13.8 Å². The van der Waals surface area contributed by atoms with Crippen LogP contribution in [0.3, 0.4) is 0 Å². The first-order chi connectivity index (χ1) is 13.9. The van der Waals surface area contributed by atoms with Gasteiger partial charge in [-0.25, -0.2) is 0 Å². The molecule has 154 valence electrons. The van der Waals surface area contributed by atoms with E-state index in [0.29, 0.717) is 13.1 Å². The highest BCUT2D eigenvalue weighted by molar-refractivity contribution is 7.99. The normalized spacial score (nSPS) is 13.0. The van der Waals surface area contributed by atoms with Gasteiger partial charge in [0.05, 0.1) is 25.0 Å². The van der Waals surface area contributed by atoms with Crippen molar-refractivity contribution in [2.45, 2.75) is 38.1 Å². The van der Waals surface area contributed by atoms with Gasteiger partial charge in [0.2, 0.25) is 11.8 Å². The van der Waals surface area contributed by atoms with Crippen molar-refractivity contribution in [3.05, 3.63) is 47.3 Å². The van der Waals surface area contributed by atoms with Gasteiger partial charge in [0, 0.05) is 54.4 Å². The van der Waals surface area contributed by atoms with Gasteiger partial charge in [0.25, 0.3) is 0 Å². The monoisotopic (exact) mass is 413 g/mol. The molecule has 6 nitrogen and oxygen atoms in total. The molecule has 0 aliphatic carbocycles. The van der Waals surface area contributed by atoms with Crippen molar-refractivity contribution in [3.63, 3.8) is 0 Å². The average molecular weight is 414 g/mol. The number of para-hydroxylation sites is 1. The minimum atomic E-state index is -0.0706. The number of hydrogen-bond acceptors (Lipinski definition) is 5. The van der Waals surface area contributed by atoms with E-state index in [4.69, 9.17) is 4.74 Å². The van der Waals surface area contributed by atoms with Crippen molar-refractivity contribution in [3.8, 4) is 5.75 Å². The molecule has 2 heterocycles. The highest BCUT2D eigenvalue weighted by Crippen LogP contribution is 2.34. The van der Waals surface area contributed by atoms with Crippen LogP contribution in [0.2, 0.25) is 0 Å². The molecule has 1 aliphatic rings. The number of methoxy groups -OCH3 is 1. The topological polar surface area (TPSA) is 62.7 Å². The third-order valence-corrected chi connectivity index (χ3v) is 6.19. The predicted octanol–water partition coefficient (Wildman–Crippen LogP) is 3.58. The molecular formula is C22H27N3O3S. The first-order valence-corrected chi connectivity index (χ1v) is 10.7. The predicted molar refractivity (Wildman–Crippen MR) is 115 cm³/mol. The summed E-state index contributed by atoms with van der Waals surface area (Å²) in [5.41, 5.74) is 3.65. The highest BCUT2D eigenvalue weighted by Gasteiger charge is 2.23. The molecule has 0 unspecified atom stereocenters. The lowest BCUT2D eigenvalue weighted by molar-refractivity contribution is -0.132. The van der Waals surface area contributed by atoms with Crippen molar-refractivity contribution in [1.29, 1.82) is 0 Å². The summed E-state index contributed by atoms with van der Waals surface area (Å²) in [6.07, 6.45) is 2.14. The number of anilines is 1. The summed E-state index contributed by atoms with van der Waals surface area (Å²) in [5, 5.41) is 0. The van der Waals surface area contributed by atoms with Crippen molar-refractivity contribution >= 4 is 29.3 Å². The molecule has 0 saturated heterocycles. The van der Waals surface area contributed by atoms with Crippen LogP contribution in [0.4, 0.5) is 5.69 Å². The van der Waals surface area contributed by atoms with Gasteiger partial charge in [-0.05, 0) is 26.0 Å². The smallest absolute Gasteiger partial charge is 0.227 e. The van der Waals surface area contributed by atoms with E-state index in [1.54, 1.807) is 41.9 Å². The number of fused-ring (bicyclic) bond motifs is 1. The van der Waals surface area contributed by atoms with E-state index in [1.807, 2.05) is 38.1 Å². The van der Waals surface area contributed by atoms with E-state index in [0.717, 1.165) is 38.9 Å². The fourth-order valence-electron chi connectivity index (χ4n) is 3.51. The largest absolute Gasteiger partial charge is 0.496 e. The zero-order valence-corrected chi connectivity index (χ0v) is 18.2. The van der Waals surface area contributed by atoms with E-state index >= 15 is 0 Å². The Morgan fingerprint density at radius 3 is 2.76 bits per heavy atom. The second-order valence-electron chi connectivity index (χ2n) is 7.16. The molecule has 0 bridgehead atoms. The number of thioether (sulfide) groups is 1. The Morgan fingerprint density at radius 2 is 2.00 bits per heavy atom. The number of carbonyl (C=O) groups is 2. The number of aryl methyl sites for hydroxylation is 1. The molecule has 0 fully saturated rings. The summed E-state index contributed by atoms with van der Waals surface area (Å²) in [5.74, 6) is 1.59. The number of carbonyl (C=O) groups excluding carboxylic acids is 2. The number of ether oxygens (including phenoxy) is 1. The number of hydrogen-bond donors (Lipinski definition) is 0. The van der Waals surface area contributed by atoms with Crippen LogP contribution in [-0.2, 0) is 16.1 Å². The summed E-state index contributed by atoms with van der Waals surface area (Å²) < 4.78 is 5.44. The minimum absolute atomic E-state index is 0.00851. The van der Waals surface area contributed by atoms with Gasteiger partial charge in [-0.3, -0.25) is 14.6 Å². The Kier molecular flexibility index (Phi) is 6.79. The Hall–Kier alpha value is -2.54. The van der Waals surface area contributed by atoms with E-state index in [1.165, 1.54) is 0 Å². The van der Waals surface area contributed by atoms with E-state index in [2.05, 4.69) is 4.98 Å². The Morgan fingerprint density at radius 1 is 1.24 bits per heavy atom. The van der Waals surface area contributed by atoms with Crippen molar-refractivity contribution in [2.24, 2.45) is 0 Å². The van der Waals surface area contributed by atoms with Gasteiger partial charge >= 0.3 is 0 Å². The molecular weight excluding hydrogens is 386 g/mol. The van der Waals surface area contributed by atoms with Gasteiger partial charge in [-0.1, -0.05) is 12.1 Å². The minimum Gasteiger partial charge on any atom is -0.496 e. The maximum atomic E-state index is 12.7. The van der Waals surface area contributed by atoms with Crippen LogP contribution >= 0.6 is 11.8 Å². The van der Waals surface area contributed by atoms with Crippen LogP contribution in [0.5, 0.6) is 5.75 Å². The molecule has 1 aliphatic heterocycles. The quantitative estimate of drug-likeness (QED) is 0.724. The van der Waals surface area contributed by atoms with Crippen LogP contribution in [0.1, 0.15) is 29.7 Å². The molecule has 7 heteroatoms. The van der Waals surface area contributed by atoms with Gasteiger partial charge in [0.1, 0.15) is 5.75 Å². The van der Waals surface area contributed by atoms with Gasteiger partial charge in [-0.2, -0.15) is 0 Å². The summed E-state index contributed by atoms with van der Waals surface area (Å²) in [4.78, 5) is 34.3. The Bertz CT molecular complexity index is 916. The van der Waals surface area contributed by atoms with Crippen LogP contribution in [0.25, 0.3) is 0 Å². The molecule has 0 atom stereocenters. The maximum absolute atomic E-state index is 12.7. The Labute approximate surface area is 176 Å². The standard InChI is InChI=1S/C22H27N3O3S/c1-15-13-23-17(16(2)22(15)28-4)14-24(3)20(26)9-10-21(27)25-11-12-29-19-8-6-5-7-18(19)25/h5-8,13H,9-12,14H2,1-4H3. The average Bonchev–Trinajstić information content (AvgIpc) is 2.73. The second kappa shape index (κ2) is 9.31. The maximum Gasteiger partial charge on any atom is 0.227 e. The number of aromatic nitrogens is 1. The lowest BCUT2D eigenvalue weighted by atomic mass is 10.1. The fraction of sp³-hybridized carbons (Fsp3) is 0.409. The molecule has 1 aromatic carbocycles. The fourth-order valence-corrected chi connectivity index (χ4v) is 4.51. The molecule has 0 radical (unpaired) electrons. The van der Waals surface area contributed by atoms with Gasteiger partial charge < -0.3 is 14.5 Å². The first kappa shape index (κ1) is 21.2. The van der Waals surface area contributed by atoms with Crippen molar-refractivity contribution < 1.29 is 14.3 Å². The number of rotatable bonds is 6. The lowest BCUT2D eigenvalue weighted by Gasteiger charge is -2.29. The molecule has 0 saturated carbocycles. The summed E-state index contributed by atoms with van der Waals surface area (Å²) >= 11 is 1.76. The van der Waals surface area contributed by atoms with Crippen LogP contribution < -0.4 is 9.64 Å². The first-order valence-electron chi connectivity index (χ1n) is 9.67.